The number of halogens is 1. The van der Waals surface area contributed by atoms with Crippen LogP contribution in [0.25, 0.3) is 0 Å². The van der Waals surface area contributed by atoms with Crippen molar-refractivity contribution in [2.24, 2.45) is 0 Å². The summed E-state index contributed by atoms with van der Waals surface area (Å²) in [5.41, 5.74) is 0.445. The molecule has 1 aliphatic carbocycles. The standard InChI is InChI=1S/C22H16ClNO7S/c1-24(2)32(28,29)17-10-7-12(31-17)11-30-22(27)16-9-8-15-18(19(16)23)21(26)14-6-4-3-5-13(14)20(15)25/h3-10H,11H2,1-2H3. The Hall–Kier alpha value is -3.27. The molecule has 32 heavy (non-hydrogen) atoms. The van der Waals surface area contributed by atoms with E-state index in [0.29, 0.717) is 0 Å². The van der Waals surface area contributed by atoms with Crippen LogP contribution >= 0.6 is 11.6 Å². The lowest BCUT2D eigenvalue weighted by Crippen LogP contribution is -2.22. The van der Waals surface area contributed by atoms with Gasteiger partial charge in [0.25, 0.3) is 10.0 Å². The quantitative estimate of drug-likeness (QED) is 0.409. The van der Waals surface area contributed by atoms with Gasteiger partial charge in [0.1, 0.15) is 12.4 Å². The van der Waals surface area contributed by atoms with Gasteiger partial charge in [0.05, 0.1) is 16.1 Å². The van der Waals surface area contributed by atoms with Gasteiger partial charge in [0.2, 0.25) is 5.09 Å². The summed E-state index contributed by atoms with van der Waals surface area (Å²) in [6.07, 6.45) is 0. The Morgan fingerprint density at radius 1 is 0.969 bits per heavy atom. The first-order chi connectivity index (χ1) is 15.1. The first-order valence-electron chi connectivity index (χ1n) is 9.32. The Balaban J connectivity index is 1.58. The highest BCUT2D eigenvalue weighted by atomic mass is 35.5. The molecule has 2 aromatic carbocycles. The molecule has 8 nitrogen and oxygen atoms in total. The number of nitrogens with zero attached hydrogens (tertiary/aromatic N) is 1. The highest BCUT2D eigenvalue weighted by Gasteiger charge is 2.33. The average molecular weight is 474 g/mol. The Labute approximate surface area is 188 Å². The topological polar surface area (TPSA) is 111 Å². The molecule has 1 aromatic heterocycles. The Kier molecular flexibility index (Phi) is 5.49. The molecule has 3 aromatic rings. The van der Waals surface area contributed by atoms with Crippen LogP contribution in [-0.2, 0) is 21.4 Å². The van der Waals surface area contributed by atoms with Gasteiger partial charge in [-0.2, -0.15) is 0 Å². The van der Waals surface area contributed by atoms with Crippen LogP contribution in [0.3, 0.4) is 0 Å². The van der Waals surface area contributed by atoms with E-state index in [1.54, 1.807) is 18.2 Å². The van der Waals surface area contributed by atoms with Gasteiger partial charge in [-0.05, 0) is 24.3 Å². The number of carbonyl (C=O) groups excluding carboxylic acids is 3. The van der Waals surface area contributed by atoms with Crippen molar-refractivity contribution in [1.29, 1.82) is 0 Å². The van der Waals surface area contributed by atoms with Crippen molar-refractivity contribution in [2.75, 3.05) is 14.1 Å². The molecular formula is C22H16ClNO7S. The minimum atomic E-state index is -3.76. The molecule has 0 bridgehead atoms. The number of ether oxygens (including phenoxy) is 1. The van der Waals surface area contributed by atoms with Crippen LogP contribution in [0.5, 0.6) is 0 Å². The number of hydrogen-bond acceptors (Lipinski definition) is 7. The SMILES string of the molecule is CN(C)S(=O)(=O)c1ccc(COC(=O)c2ccc3c(c2Cl)C(=O)c2ccccc2C3=O)o1. The predicted octanol–water partition coefficient (Wildman–Crippen LogP) is 3.32. The molecule has 0 radical (unpaired) electrons. The minimum absolute atomic E-state index is 0.0535. The third kappa shape index (κ3) is 3.54. The van der Waals surface area contributed by atoms with E-state index in [9.17, 15) is 22.8 Å². The fourth-order valence-corrected chi connectivity index (χ4v) is 4.41. The molecule has 0 saturated heterocycles. The molecular weight excluding hydrogens is 458 g/mol. The van der Waals surface area contributed by atoms with Gasteiger partial charge >= 0.3 is 5.97 Å². The van der Waals surface area contributed by atoms with Crippen LogP contribution in [0.2, 0.25) is 5.02 Å². The number of carbonyl (C=O) groups is 3. The lowest BCUT2D eigenvalue weighted by Gasteiger charge is -2.19. The van der Waals surface area contributed by atoms with Crippen molar-refractivity contribution in [3.05, 3.63) is 87.1 Å². The van der Waals surface area contributed by atoms with E-state index in [2.05, 4.69) is 0 Å². The van der Waals surface area contributed by atoms with E-state index >= 15 is 0 Å². The Morgan fingerprint density at radius 2 is 1.62 bits per heavy atom. The van der Waals surface area contributed by atoms with Gasteiger partial charge in [0.15, 0.2) is 11.6 Å². The lowest BCUT2D eigenvalue weighted by atomic mass is 9.83. The molecule has 0 spiro atoms. The predicted molar refractivity (Wildman–Crippen MR) is 113 cm³/mol. The van der Waals surface area contributed by atoms with Gasteiger partial charge in [-0.25, -0.2) is 17.5 Å². The molecule has 0 saturated carbocycles. The number of ketones is 2. The zero-order valence-electron chi connectivity index (χ0n) is 16.9. The van der Waals surface area contributed by atoms with Gasteiger partial charge in [-0.1, -0.05) is 35.9 Å². The third-order valence-electron chi connectivity index (χ3n) is 4.97. The van der Waals surface area contributed by atoms with Crippen molar-refractivity contribution in [3.63, 3.8) is 0 Å². The fraction of sp³-hybridized carbons (Fsp3) is 0.136. The summed E-state index contributed by atoms with van der Waals surface area (Å²) in [7, 11) is -1.04. The van der Waals surface area contributed by atoms with Crippen LogP contribution in [0.15, 0.2) is 58.0 Å². The minimum Gasteiger partial charge on any atom is -0.454 e. The zero-order chi connectivity index (χ0) is 23.2. The monoisotopic (exact) mass is 473 g/mol. The number of sulfonamides is 1. The number of furan rings is 1. The number of rotatable bonds is 5. The van der Waals surface area contributed by atoms with Crippen molar-refractivity contribution >= 4 is 39.2 Å². The van der Waals surface area contributed by atoms with Crippen LogP contribution in [0, 0.1) is 0 Å². The number of esters is 1. The smallest absolute Gasteiger partial charge is 0.340 e. The van der Waals surface area contributed by atoms with E-state index < -0.39 is 21.8 Å². The van der Waals surface area contributed by atoms with Crippen molar-refractivity contribution in [1.82, 2.24) is 4.31 Å². The molecule has 0 N–H and O–H groups in total. The second kappa shape index (κ2) is 8.01. The molecule has 10 heteroatoms. The van der Waals surface area contributed by atoms with E-state index in [0.717, 1.165) is 4.31 Å². The van der Waals surface area contributed by atoms with E-state index in [1.165, 1.54) is 44.4 Å². The molecule has 1 heterocycles. The second-order valence-electron chi connectivity index (χ2n) is 7.14. The summed E-state index contributed by atoms with van der Waals surface area (Å²) in [5, 5.41) is -0.473. The summed E-state index contributed by atoms with van der Waals surface area (Å²) in [6.45, 7) is -0.356. The van der Waals surface area contributed by atoms with Crippen LogP contribution in [0.4, 0.5) is 0 Å². The molecule has 0 aliphatic heterocycles. The highest BCUT2D eigenvalue weighted by Crippen LogP contribution is 2.34. The summed E-state index contributed by atoms with van der Waals surface area (Å²) in [6, 6.07) is 11.7. The molecule has 0 unspecified atom stereocenters. The maximum atomic E-state index is 12.9. The first-order valence-corrected chi connectivity index (χ1v) is 11.1. The normalized spacial score (nSPS) is 13.1. The van der Waals surface area contributed by atoms with Crippen LogP contribution < -0.4 is 0 Å². The largest absolute Gasteiger partial charge is 0.454 e. The molecule has 0 amide bonds. The average Bonchev–Trinajstić information content (AvgIpc) is 3.25. The number of hydrogen-bond donors (Lipinski definition) is 0. The van der Waals surface area contributed by atoms with Crippen molar-refractivity contribution in [3.8, 4) is 0 Å². The molecule has 164 valence electrons. The first kappa shape index (κ1) is 21.9. The Morgan fingerprint density at radius 3 is 2.28 bits per heavy atom. The summed E-state index contributed by atoms with van der Waals surface area (Å²) in [4.78, 5) is 38.3. The van der Waals surface area contributed by atoms with Gasteiger partial charge in [-0.15, -0.1) is 0 Å². The second-order valence-corrected chi connectivity index (χ2v) is 9.60. The highest BCUT2D eigenvalue weighted by molar-refractivity contribution is 7.88. The lowest BCUT2D eigenvalue weighted by molar-refractivity contribution is 0.0440. The summed E-state index contributed by atoms with van der Waals surface area (Å²) in [5.74, 6) is -1.57. The number of fused-ring (bicyclic) bond motifs is 2. The maximum absolute atomic E-state index is 12.9. The number of benzene rings is 2. The molecule has 4 rings (SSSR count). The molecule has 1 aliphatic rings. The van der Waals surface area contributed by atoms with E-state index in [1.807, 2.05) is 0 Å². The molecule has 0 fully saturated rings. The van der Waals surface area contributed by atoms with E-state index in [4.69, 9.17) is 20.8 Å². The fourth-order valence-electron chi connectivity index (χ4n) is 3.27. The third-order valence-corrected chi connectivity index (χ3v) is 7.05. The van der Waals surface area contributed by atoms with Gasteiger partial charge in [-0.3, -0.25) is 9.59 Å². The van der Waals surface area contributed by atoms with Gasteiger partial charge < -0.3 is 9.15 Å². The summed E-state index contributed by atoms with van der Waals surface area (Å²) >= 11 is 6.35. The van der Waals surface area contributed by atoms with Crippen molar-refractivity contribution in [2.45, 2.75) is 11.7 Å². The summed E-state index contributed by atoms with van der Waals surface area (Å²) < 4.78 is 35.6. The van der Waals surface area contributed by atoms with Crippen LogP contribution in [0.1, 0.15) is 48.0 Å². The van der Waals surface area contributed by atoms with Crippen LogP contribution in [-0.4, -0.2) is 44.4 Å². The van der Waals surface area contributed by atoms with Gasteiger partial charge in [0, 0.05) is 30.8 Å². The molecule has 0 atom stereocenters. The maximum Gasteiger partial charge on any atom is 0.340 e. The van der Waals surface area contributed by atoms with Crippen molar-refractivity contribution < 1.29 is 32.0 Å². The van der Waals surface area contributed by atoms with E-state index in [-0.39, 0.29) is 56.1 Å². The Bertz CT molecular complexity index is 1390. The zero-order valence-corrected chi connectivity index (χ0v) is 18.5.